The van der Waals surface area contributed by atoms with Gasteiger partial charge in [0.15, 0.2) is 5.57 Å². The Morgan fingerprint density at radius 2 is 1.19 bits per heavy atom. The van der Waals surface area contributed by atoms with Crippen LogP contribution in [-0.4, -0.2) is 14.5 Å². The van der Waals surface area contributed by atoms with Gasteiger partial charge in [0.25, 0.3) is 0 Å². The van der Waals surface area contributed by atoms with E-state index in [0.717, 1.165) is 32.9 Å². The minimum Gasteiger partial charge on any atom is -0.305 e. The molecule has 0 spiro atoms. The fourth-order valence-electron chi connectivity index (χ4n) is 4.83. The summed E-state index contributed by atoms with van der Waals surface area (Å²) in [6.07, 6.45) is 5.39. The Morgan fingerprint density at radius 1 is 0.676 bits per heavy atom. The second-order valence-corrected chi connectivity index (χ2v) is 11.4. The van der Waals surface area contributed by atoms with Gasteiger partial charge in [-0.05, 0) is 41.5 Å². The second kappa shape index (κ2) is 9.16. The summed E-state index contributed by atoms with van der Waals surface area (Å²) in [5, 5.41) is 3.58. The van der Waals surface area contributed by atoms with Crippen molar-refractivity contribution in [2.45, 2.75) is 0 Å². The smallest absolute Gasteiger partial charge is 0.206 e. The van der Waals surface area contributed by atoms with Gasteiger partial charge >= 0.3 is 0 Å². The minimum absolute atomic E-state index is 0.308. The standard InChI is InChI=1S/C32H24N3OP/c1-3-23-15-17-29-27(21-23)28-22-24(4-2)16-18-30(28)35(29)31-19-20-33-32(34-31)37(36,25-11-7-5-8-12-25)26-13-9-6-10-14-26/h3-22H,1-2H2. The Balaban J connectivity index is 1.64. The highest BCUT2D eigenvalue weighted by atomic mass is 31.2. The monoisotopic (exact) mass is 497 g/mol. The maximum absolute atomic E-state index is 14.9. The highest BCUT2D eigenvalue weighted by molar-refractivity contribution is 7.84. The maximum atomic E-state index is 14.9. The van der Waals surface area contributed by atoms with Gasteiger partial charge in [-0.3, -0.25) is 4.57 Å². The average molecular weight is 498 g/mol. The van der Waals surface area contributed by atoms with E-state index in [2.05, 4.69) is 47.0 Å². The Morgan fingerprint density at radius 3 is 1.68 bits per heavy atom. The molecule has 2 aromatic heterocycles. The molecule has 37 heavy (non-hydrogen) atoms. The summed E-state index contributed by atoms with van der Waals surface area (Å²) in [4.78, 5) is 9.55. The topological polar surface area (TPSA) is 47.8 Å². The predicted molar refractivity (Wildman–Crippen MR) is 156 cm³/mol. The van der Waals surface area contributed by atoms with Crippen LogP contribution in [0.5, 0.6) is 0 Å². The molecule has 0 aliphatic carbocycles. The Hall–Kier alpha value is -4.53. The molecule has 0 saturated heterocycles. The van der Waals surface area contributed by atoms with Crippen molar-refractivity contribution in [1.29, 1.82) is 0 Å². The summed E-state index contributed by atoms with van der Waals surface area (Å²) in [7, 11) is -3.31. The molecule has 0 aliphatic rings. The average Bonchev–Trinajstić information content (AvgIpc) is 3.30. The highest BCUT2D eigenvalue weighted by Crippen LogP contribution is 2.41. The van der Waals surface area contributed by atoms with Crippen LogP contribution in [0.3, 0.4) is 0 Å². The lowest BCUT2D eigenvalue weighted by Crippen LogP contribution is -2.29. The van der Waals surface area contributed by atoms with Crippen molar-refractivity contribution in [1.82, 2.24) is 14.5 Å². The molecule has 0 atom stereocenters. The Labute approximate surface area is 215 Å². The lowest BCUT2D eigenvalue weighted by Gasteiger charge is -2.18. The summed E-state index contributed by atoms with van der Waals surface area (Å²) in [5.74, 6) is 0.662. The molecule has 4 nitrogen and oxygen atoms in total. The summed E-state index contributed by atoms with van der Waals surface area (Å²) in [6.45, 7) is 7.88. The van der Waals surface area contributed by atoms with Crippen LogP contribution in [0.4, 0.5) is 0 Å². The van der Waals surface area contributed by atoms with Crippen LogP contribution < -0.4 is 16.2 Å². The van der Waals surface area contributed by atoms with E-state index < -0.39 is 7.14 Å². The number of hydrogen-bond donors (Lipinski definition) is 0. The summed E-state index contributed by atoms with van der Waals surface area (Å²) in [5.41, 5.74) is 4.39. The lowest BCUT2D eigenvalue weighted by atomic mass is 10.1. The van der Waals surface area contributed by atoms with Crippen LogP contribution in [0, 0.1) is 0 Å². The third-order valence-corrected chi connectivity index (χ3v) is 9.49. The fourth-order valence-corrected chi connectivity index (χ4v) is 7.25. The number of hydrogen-bond acceptors (Lipinski definition) is 3. The van der Waals surface area contributed by atoms with Crippen molar-refractivity contribution >= 4 is 57.3 Å². The minimum atomic E-state index is -3.31. The molecule has 6 aromatic rings. The van der Waals surface area contributed by atoms with E-state index in [1.54, 1.807) is 6.20 Å². The Kier molecular flexibility index (Phi) is 5.67. The van der Waals surface area contributed by atoms with E-state index in [4.69, 9.17) is 4.98 Å². The molecule has 5 heteroatoms. The van der Waals surface area contributed by atoms with Crippen LogP contribution in [0.15, 0.2) is 122 Å². The van der Waals surface area contributed by atoms with Gasteiger partial charge in [0, 0.05) is 27.6 Å². The van der Waals surface area contributed by atoms with E-state index in [0.29, 0.717) is 22.0 Å². The highest BCUT2D eigenvalue weighted by Gasteiger charge is 2.33. The van der Waals surface area contributed by atoms with Gasteiger partial charge in [0.2, 0.25) is 7.14 Å². The summed E-state index contributed by atoms with van der Waals surface area (Å²) < 4.78 is 17.0. The van der Waals surface area contributed by atoms with E-state index in [1.165, 1.54) is 0 Å². The molecular formula is C32H24N3OP. The van der Waals surface area contributed by atoms with Crippen molar-refractivity contribution in [2.75, 3.05) is 0 Å². The third-order valence-electron chi connectivity index (χ3n) is 6.66. The predicted octanol–water partition coefficient (Wildman–Crippen LogP) is 6.50. The first-order valence-corrected chi connectivity index (χ1v) is 13.7. The first kappa shape index (κ1) is 22.9. The SMILES string of the molecule is C=Cc1ccc2c(c1)c1cc(C=C)ccc1n2-c1ccnc(P(=O)(c2ccccc2)c2ccccc2)n1. The quantitative estimate of drug-likeness (QED) is 0.247. The number of aromatic nitrogens is 3. The van der Waals surface area contributed by atoms with E-state index in [-0.39, 0.29) is 0 Å². The molecule has 0 fully saturated rings. The number of rotatable bonds is 6. The molecule has 0 radical (unpaired) electrons. The van der Waals surface area contributed by atoms with Crippen molar-refractivity contribution < 1.29 is 4.57 Å². The van der Waals surface area contributed by atoms with Gasteiger partial charge in [-0.15, -0.1) is 0 Å². The van der Waals surface area contributed by atoms with Gasteiger partial charge < -0.3 is 4.57 Å². The van der Waals surface area contributed by atoms with Crippen LogP contribution in [0.2, 0.25) is 0 Å². The van der Waals surface area contributed by atoms with Crippen LogP contribution in [0.1, 0.15) is 11.1 Å². The first-order chi connectivity index (χ1) is 18.1. The summed E-state index contributed by atoms with van der Waals surface area (Å²) >= 11 is 0. The van der Waals surface area contributed by atoms with Crippen LogP contribution >= 0.6 is 7.14 Å². The van der Waals surface area contributed by atoms with E-state index in [1.807, 2.05) is 91.0 Å². The van der Waals surface area contributed by atoms with Gasteiger partial charge in [-0.25, -0.2) is 9.97 Å². The number of fused-ring (bicyclic) bond motifs is 3. The zero-order valence-corrected chi connectivity index (χ0v) is 21.1. The van der Waals surface area contributed by atoms with Crippen molar-refractivity contribution in [3.8, 4) is 5.82 Å². The van der Waals surface area contributed by atoms with Gasteiger partial charge in [-0.2, -0.15) is 0 Å². The van der Waals surface area contributed by atoms with Gasteiger partial charge in [0.05, 0.1) is 11.0 Å². The zero-order chi connectivity index (χ0) is 25.4. The van der Waals surface area contributed by atoms with Crippen molar-refractivity contribution in [3.05, 3.63) is 134 Å². The molecule has 0 aliphatic heterocycles. The molecule has 0 amide bonds. The molecular weight excluding hydrogens is 473 g/mol. The van der Waals surface area contributed by atoms with E-state index >= 15 is 0 Å². The van der Waals surface area contributed by atoms with Crippen molar-refractivity contribution in [2.24, 2.45) is 0 Å². The molecule has 0 N–H and O–H groups in total. The Bertz CT molecular complexity index is 1730. The van der Waals surface area contributed by atoms with Crippen LogP contribution in [-0.2, 0) is 4.57 Å². The second-order valence-electron chi connectivity index (χ2n) is 8.79. The van der Waals surface area contributed by atoms with Gasteiger partial charge in [0.1, 0.15) is 5.82 Å². The maximum Gasteiger partial charge on any atom is 0.206 e. The van der Waals surface area contributed by atoms with E-state index in [9.17, 15) is 4.57 Å². The third kappa shape index (κ3) is 3.74. The molecule has 2 heterocycles. The van der Waals surface area contributed by atoms with Crippen LogP contribution in [0.25, 0.3) is 39.8 Å². The number of benzene rings is 4. The number of nitrogens with zero attached hydrogens (tertiary/aromatic N) is 3. The molecule has 4 aromatic carbocycles. The molecule has 178 valence electrons. The normalized spacial score (nSPS) is 11.6. The molecule has 0 saturated carbocycles. The van der Waals surface area contributed by atoms with Gasteiger partial charge in [-0.1, -0.05) is 98.1 Å². The molecule has 6 rings (SSSR count). The largest absolute Gasteiger partial charge is 0.305 e. The van der Waals surface area contributed by atoms with Crippen molar-refractivity contribution in [3.63, 3.8) is 0 Å². The molecule has 0 bridgehead atoms. The first-order valence-electron chi connectivity index (χ1n) is 12.0. The summed E-state index contributed by atoms with van der Waals surface area (Å²) in [6, 6.07) is 33.4. The molecule has 0 unspecified atom stereocenters. The lowest BCUT2D eigenvalue weighted by molar-refractivity contribution is 0.591. The fraction of sp³-hybridized carbons (Fsp3) is 0. The zero-order valence-electron chi connectivity index (χ0n) is 20.2.